The largest absolute Gasteiger partial charge is 0.444 e. The molecular weight excluding hydrogens is 585 g/mol. The van der Waals surface area contributed by atoms with Gasteiger partial charge >= 0.3 is 6.09 Å². The van der Waals surface area contributed by atoms with E-state index < -0.39 is 21.5 Å². The molecule has 3 aliphatic rings. The van der Waals surface area contributed by atoms with Crippen LogP contribution in [-0.4, -0.2) is 72.6 Å². The third-order valence-corrected chi connectivity index (χ3v) is 9.74. The molecule has 0 unspecified atom stereocenters. The van der Waals surface area contributed by atoms with E-state index in [1.165, 1.54) is 12.3 Å². The van der Waals surface area contributed by atoms with Crippen LogP contribution in [-0.2, 0) is 19.0 Å². The number of anilines is 1. The Morgan fingerprint density at radius 1 is 1.07 bits per heavy atom. The van der Waals surface area contributed by atoms with Gasteiger partial charge in [0.1, 0.15) is 11.4 Å². The molecule has 10 nitrogen and oxygen atoms in total. The molecular formula is C32H40FN5O5S. The highest BCUT2D eigenvalue weighted by atomic mass is 32.2. The monoisotopic (exact) mass is 625 g/mol. The number of amides is 1. The van der Waals surface area contributed by atoms with Crippen LogP contribution in [0.15, 0.2) is 47.6 Å². The number of nitrogens with zero attached hydrogens (tertiary/aromatic N) is 5. The summed E-state index contributed by atoms with van der Waals surface area (Å²) < 4.78 is 52.7. The van der Waals surface area contributed by atoms with Crippen molar-refractivity contribution >= 4 is 21.9 Å². The molecule has 0 spiro atoms. The Kier molecular flexibility index (Phi) is 8.17. The van der Waals surface area contributed by atoms with Gasteiger partial charge in [-0.1, -0.05) is 17.7 Å². The van der Waals surface area contributed by atoms with Gasteiger partial charge in [0.05, 0.1) is 40.8 Å². The van der Waals surface area contributed by atoms with Gasteiger partial charge in [0, 0.05) is 49.9 Å². The molecule has 236 valence electrons. The van der Waals surface area contributed by atoms with Crippen LogP contribution in [0.4, 0.5) is 14.9 Å². The van der Waals surface area contributed by atoms with E-state index in [0.29, 0.717) is 43.5 Å². The summed E-state index contributed by atoms with van der Waals surface area (Å²) in [5.74, 6) is 0.0352. The summed E-state index contributed by atoms with van der Waals surface area (Å²) in [6.07, 6.45) is 6.52. The number of hydrogen-bond acceptors (Lipinski definition) is 8. The Bertz CT molecular complexity index is 1620. The maximum atomic E-state index is 14.6. The number of carbonyl (C=O) groups is 1. The lowest BCUT2D eigenvalue weighted by Crippen LogP contribution is -2.50. The van der Waals surface area contributed by atoms with E-state index in [1.807, 2.05) is 38.6 Å². The maximum absolute atomic E-state index is 14.6. The number of ether oxygens (including phenoxy) is 1. The summed E-state index contributed by atoms with van der Waals surface area (Å²) in [5, 5.41) is 4.98. The van der Waals surface area contributed by atoms with Gasteiger partial charge < -0.3 is 14.5 Å². The Morgan fingerprint density at radius 3 is 2.39 bits per heavy atom. The molecule has 3 heterocycles. The van der Waals surface area contributed by atoms with Gasteiger partial charge in [-0.3, -0.25) is 13.8 Å². The van der Waals surface area contributed by atoms with Crippen molar-refractivity contribution in [1.82, 2.24) is 19.7 Å². The summed E-state index contributed by atoms with van der Waals surface area (Å²) >= 11 is 0. The highest BCUT2D eigenvalue weighted by Gasteiger charge is 2.37. The first-order valence-corrected chi connectivity index (χ1v) is 16.7. The zero-order chi connectivity index (χ0) is 31.2. The minimum absolute atomic E-state index is 0.109. The lowest BCUT2D eigenvalue weighted by Gasteiger charge is -2.37. The number of carbonyl (C=O) groups excluding carboxylic acids is 1. The third kappa shape index (κ3) is 6.76. The molecule has 12 heteroatoms. The fourth-order valence-corrected chi connectivity index (χ4v) is 6.76. The normalized spacial score (nSPS) is 20.8. The molecule has 2 saturated carbocycles. The molecule has 0 N–H and O–H groups in total. The second-order valence-electron chi connectivity index (χ2n) is 13.2. The second-order valence-corrected chi connectivity index (χ2v) is 14.8. The van der Waals surface area contributed by atoms with Gasteiger partial charge in [0.25, 0.3) is 10.1 Å². The molecule has 3 fully saturated rings. The molecule has 1 aliphatic heterocycles. The number of pyridine rings is 1. The van der Waals surface area contributed by atoms with Crippen molar-refractivity contribution in [3.8, 4) is 11.3 Å². The summed E-state index contributed by atoms with van der Waals surface area (Å²) in [6.45, 7) is 9.56. The number of halogens is 1. The fourth-order valence-electron chi connectivity index (χ4n) is 5.78. The average molecular weight is 626 g/mol. The van der Waals surface area contributed by atoms with Crippen molar-refractivity contribution in [3.05, 3.63) is 59.8 Å². The molecule has 0 radical (unpaired) electrons. The molecule has 1 saturated heterocycles. The number of rotatable bonds is 8. The molecule has 3 aromatic rings. The third-order valence-electron chi connectivity index (χ3n) is 8.44. The molecule has 1 aromatic carbocycles. The van der Waals surface area contributed by atoms with E-state index >= 15 is 0 Å². The van der Waals surface area contributed by atoms with E-state index in [0.717, 1.165) is 42.5 Å². The van der Waals surface area contributed by atoms with Gasteiger partial charge in [-0.25, -0.2) is 9.18 Å². The first-order valence-electron chi connectivity index (χ1n) is 15.3. The Hall–Kier alpha value is -3.51. The first-order chi connectivity index (χ1) is 20.9. The van der Waals surface area contributed by atoms with Crippen molar-refractivity contribution in [2.45, 2.75) is 75.8 Å². The Morgan fingerprint density at radius 2 is 1.75 bits per heavy atom. The van der Waals surface area contributed by atoms with Crippen molar-refractivity contribution < 1.29 is 26.5 Å². The predicted octanol–water partition coefficient (Wildman–Crippen LogP) is 5.68. The standard InChI is InChI=1S/C32H40FN5O5S/c1-21-5-9-26(10-6-21)44(40,41)42-20-22-15-25(16-22)38-19-27(29(35-38)23-7-8-23)30-28(17-24(33)18-34-30)36-11-13-37(14-12-36)31(39)43-32(2,3)4/h5-6,9-10,17-19,22-23,25H,7-8,11-16,20H2,1-4H3/t22-,25-. The lowest BCUT2D eigenvalue weighted by atomic mass is 9.81. The highest BCUT2D eigenvalue weighted by molar-refractivity contribution is 7.86. The van der Waals surface area contributed by atoms with Gasteiger partial charge in [-0.05, 0) is 71.4 Å². The van der Waals surface area contributed by atoms with Crippen LogP contribution in [0, 0.1) is 18.7 Å². The summed E-state index contributed by atoms with van der Waals surface area (Å²) in [4.78, 5) is 21.1. The van der Waals surface area contributed by atoms with Crippen molar-refractivity contribution in [2.24, 2.45) is 5.92 Å². The zero-order valence-electron chi connectivity index (χ0n) is 25.7. The number of benzene rings is 1. The molecule has 0 atom stereocenters. The van der Waals surface area contributed by atoms with E-state index in [4.69, 9.17) is 14.0 Å². The average Bonchev–Trinajstić information content (AvgIpc) is 3.70. The smallest absolute Gasteiger partial charge is 0.410 e. The maximum Gasteiger partial charge on any atom is 0.410 e. The second kappa shape index (κ2) is 11.8. The predicted molar refractivity (Wildman–Crippen MR) is 163 cm³/mol. The minimum atomic E-state index is -3.80. The van der Waals surface area contributed by atoms with Crippen LogP contribution in [0.5, 0.6) is 0 Å². The van der Waals surface area contributed by atoms with Crippen LogP contribution >= 0.6 is 0 Å². The van der Waals surface area contributed by atoms with Crippen LogP contribution in [0.2, 0.25) is 0 Å². The molecule has 0 bridgehead atoms. The molecule has 2 aromatic heterocycles. The van der Waals surface area contributed by atoms with Gasteiger partial charge in [-0.15, -0.1) is 0 Å². The number of aromatic nitrogens is 3. The van der Waals surface area contributed by atoms with E-state index in [-0.39, 0.29) is 29.6 Å². The van der Waals surface area contributed by atoms with Crippen molar-refractivity contribution in [2.75, 3.05) is 37.7 Å². The van der Waals surface area contributed by atoms with E-state index in [2.05, 4.69) is 9.88 Å². The molecule has 2 aliphatic carbocycles. The molecule has 1 amide bonds. The topological polar surface area (TPSA) is 107 Å². The van der Waals surface area contributed by atoms with Crippen LogP contribution in [0.3, 0.4) is 0 Å². The van der Waals surface area contributed by atoms with Crippen LogP contribution < -0.4 is 4.90 Å². The van der Waals surface area contributed by atoms with Gasteiger partial charge in [0.15, 0.2) is 0 Å². The minimum Gasteiger partial charge on any atom is -0.444 e. The first kappa shape index (κ1) is 30.5. The zero-order valence-corrected chi connectivity index (χ0v) is 26.5. The number of piperazine rings is 1. The van der Waals surface area contributed by atoms with Crippen molar-refractivity contribution in [1.29, 1.82) is 0 Å². The van der Waals surface area contributed by atoms with Crippen molar-refractivity contribution in [3.63, 3.8) is 0 Å². The molecule has 44 heavy (non-hydrogen) atoms. The summed E-state index contributed by atoms with van der Waals surface area (Å²) in [7, 11) is -3.80. The van der Waals surface area contributed by atoms with Crippen LogP contribution in [0.1, 0.15) is 69.7 Å². The van der Waals surface area contributed by atoms with Gasteiger partial charge in [-0.2, -0.15) is 13.5 Å². The fraction of sp³-hybridized carbons (Fsp3) is 0.531. The SMILES string of the molecule is Cc1ccc(S(=O)(=O)OC[C@H]2C[C@H](n3cc(-c4ncc(F)cc4N4CCN(C(=O)OC(C)(C)C)CC4)c(C4CC4)n3)C2)cc1. The number of aryl methyl sites for hydroxylation is 1. The van der Waals surface area contributed by atoms with Crippen LogP contribution in [0.25, 0.3) is 11.3 Å². The quantitative estimate of drug-likeness (QED) is 0.294. The summed E-state index contributed by atoms with van der Waals surface area (Å²) in [5.41, 5.74) is 3.67. The molecule has 6 rings (SSSR count). The number of hydrogen-bond donors (Lipinski definition) is 0. The van der Waals surface area contributed by atoms with E-state index in [1.54, 1.807) is 29.2 Å². The Balaban J connectivity index is 1.14. The van der Waals surface area contributed by atoms with E-state index in [9.17, 15) is 17.6 Å². The lowest BCUT2D eigenvalue weighted by molar-refractivity contribution is 0.0240. The van der Waals surface area contributed by atoms with Gasteiger partial charge in [0.2, 0.25) is 0 Å². The Labute approximate surface area is 258 Å². The highest BCUT2D eigenvalue weighted by Crippen LogP contribution is 2.47. The summed E-state index contributed by atoms with van der Waals surface area (Å²) in [6, 6.07) is 8.29.